The van der Waals surface area contributed by atoms with Crippen LogP contribution in [-0.2, 0) is 4.79 Å². The van der Waals surface area contributed by atoms with Crippen LogP contribution >= 0.6 is 0 Å². The van der Waals surface area contributed by atoms with Gasteiger partial charge in [-0.05, 0) is 36.6 Å². The fraction of sp³-hybridized carbons (Fsp3) is 0.300. The smallest absolute Gasteiger partial charge is 0.306 e. The van der Waals surface area contributed by atoms with Gasteiger partial charge < -0.3 is 9.84 Å². The van der Waals surface area contributed by atoms with E-state index in [-0.39, 0.29) is 12.2 Å². The zero-order chi connectivity index (χ0) is 17.7. The lowest BCUT2D eigenvalue weighted by atomic mass is 9.82. The summed E-state index contributed by atoms with van der Waals surface area (Å²) in [5.41, 5.74) is 2.38. The number of hydrogen-bond acceptors (Lipinski definition) is 3. The first kappa shape index (κ1) is 17.7. The minimum absolute atomic E-state index is 0.0868. The topological polar surface area (TPSA) is 63.6 Å². The lowest BCUT2D eigenvalue weighted by Crippen LogP contribution is -2.21. The lowest BCUT2D eigenvalue weighted by Gasteiger charge is -2.20. The highest BCUT2D eigenvalue weighted by Gasteiger charge is 2.28. The van der Waals surface area contributed by atoms with Gasteiger partial charge in [-0.2, -0.15) is 0 Å². The second-order valence-electron chi connectivity index (χ2n) is 5.98. The van der Waals surface area contributed by atoms with Crippen LogP contribution in [0.4, 0.5) is 0 Å². The molecule has 4 nitrogen and oxygen atoms in total. The van der Waals surface area contributed by atoms with Gasteiger partial charge in [0.1, 0.15) is 5.75 Å². The number of carboxylic acids is 1. The van der Waals surface area contributed by atoms with Crippen molar-refractivity contribution in [3.63, 3.8) is 0 Å². The van der Waals surface area contributed by atoms with Gasteiger partial charge in [0.05, 0.1) is 13.0 Å². The first-order chi connectivity index (χ1) is 11.4. The van der Waals surface area contributed by atoms with Crippen molar-refractivity contribution in [1.82, 2.24) is 0 Å². The van der Waals surface area contributed by atoms with E-state index in [0.717, 1.165) is 11.1 Å². The number of benzene rings is 2. The zero-order valence-corrected chi connectivity index (χ0v) is 14.2. The molecular formula is C20H22O4. The first-order valence-corrected chi connectivity index (χ1v) is 7.90. The van der Waals surface area contributed by atoms with Crippen LogP contribution in [0, 0.1) is 12.8 Å². The number of ketones is 1. The molecule has 0 amide bonds. The van der Waals surface area contributed by atoms with Crippen molar-refractivity contribution in [3.05, 3.63) is 65.2 Å². The molecule has 0 spiro atoms. The number of carbonyl (C=O) groups is 2. The minimum atomic E-state index is -0.896. The Morgan fingerprint density at radius 2 is 1.83 bits per heavy atom. The number of methoxy groups -OCH3 is 1. The van der Waals surface area contributed by atoms with Gasteiger partial charge in [-0.15, -0.1) is 0 Å². The molecule has 24 heavy (non-hydrogen) atoms. The number of aliphatic carboxylic acids is 1. The third-order valence-corrected chi connectivity index (χ3v) is 4.25. The number of Topliss-reactive ketones (excluding diaryl/α,β-unsaturated/α-hetero) is 1. The normalized spacial score (nSPS) is 13.1. The van der Waals surface area contributed by atoms with Crippen LogP contribution in [0.1, 0.15) is 40.7 Å². The highest BCUT2D eigenvalue weighted by molar-refractivity contribution is 6.01. The van der Waals surface area contributed by atoms with E-state index in [1.165, 1.54) is 0 Å². The Bertz CT molecular complexity index is 736. The van der Waals surface area contributed by atoms with E-state index < -0.39 is 17.8 Å². The van der Waals surface area contributed by atoms with E-state index in [9.17, 15) is 14.7 Å². The van der Waals surface area contributed by atoms with Gasteiger partial charge in [-0.1, -0.05) is 43.3 Å². The average molecular weight is 326 g/mol. The Kier molecular flexibility index (Phi) is 5.74. The van der Waals surface area contributed by atoms with Crippen LogP contribution in [0.5, 0.6) is 5.75 Å². The Morgan fingerprint density at radius 3 is 2.46 bits per heavy atom. The number of rotatable bonds is 7. The molecule has 126 valence electrons. The van der Waals surface area contributed by atoms with E-state index in [1.807, 2.05) is 31.2 Å². The van der Waals surface area contributed by atoms with Crippen molar-refractivity contribution >= 4 is 11.8 Å². The summed E-state index contributed by atoms with van der Waals surface area (Å²) in [5, 5.41) is 9.25. The Labute approximate surface area is 142 Å². The SMILES string of the molecule is COc1cccc(C(=O)C(CC(C)C(=O)O)c2ccccc2C)c1. The van der Waals surface area contributed by atoms with Gasteiger partial charge in [0, 0.05) is 11.5 Å². The summed E-state index contributed by atoms with van der Waals surface area (Å²) >= 11 is 0. The zero-order valence-electron chi connectivity index (χ0n) is 14.2. The number of carboxylic acid groups (broad SMARTS) is 1. The van der Waals surface area contributed by atoms with Gasteiger partial charge in [0.2, 0.25) is 0 Å². The fourth-order valence-electron chi connectivity index (χ4n) is 2.78. The predicted octanol–water partition coefficient (Wildman–Crippen LogP) is 4.08. The van der Waals surface area contributed by atoms with E-state index in [4.69, 9.17) is 4.74 Å². The quantitative estimate of drug-likeness (QED) is 0.779. The standard InChI is InChI=1S/C20H22O4/c1-13-7-4-5-10-17(13)18(11-14(2)20(22)23)19(21)15-8-6-9-16(12-15)24-3/h4-10,12,14,18H,11H2,1-3H3,(H,22,23). The molecular weight excluding hydrogens is 304 g/mol. The summed E-state index contributed by atoms with van der Waals surface area (Å²) in [6.07, 6.45) is 0.260. The molecule has 0 aliphatic carbocycles. The Morgan fingerprint density at radius 1 is 1.12 bits per heavy atom. The largest absolute Gasteiger partial charge is 0.497 e. The molecule has 2 atom stereocenters. The van der Waals surface area contributed by atoms with E-state index in [2.05, 4.69) is 0 Å². The maximum Gasteiger partial charge on any atom is 0.306 e. The summed E-state index contributed by atoms with van der Waals surface area (Å²) in [5.74, 6) is -1.48. The molecule has 0 heterocycles. The maximum atomic E-state index is 13.1. The van der Waals surface area contributed by atoms with Crippen LogP contribution in [0.2, 0.25) is 0 Å². The second kappa shape index (κ2) is 7.77. The van der Waals surface area contributed by atoms with Crippen molar-refractivity contribution in [3.8, 4) is 5.75 Å². The molecule has 0 aliphatic heterocycles. The highest BCUT2D eigenvalue weighted by atomic mass is 16.5. The fourth-order valence-corrected chi connectivity index (χ4v) is 2.78. The van der Waals surface area contributed by atoms with Crippen molar-refractivity contribution in [2.75, 3.05) is 7.11 Å². The van der Waals surface area contributed by atoms with Crippen LogP contribution in [0.15, 0.2) is 48.5 Å². The minimum Gasteiger partial charge on any atom is -0.497 e. The van der Waals surface area contributed by atoms with Gasteiger partial charge in [-0.25, -0.2) is 0 Å². The molecule has 0 bridgehead atoms. The Hall–Kier alpha value is -2.62. The second-order valence-corrected chi connectivity index (χ2v) is 5.98. The predicted molar refractivity (Wildman–Crippen MR) is 92.7 cm³/mol. The third kappa shape index (κ3) is 4.02. The van der Waals surface area contributed by atoms with Crippen LogP contribution in [0.25, 0.3) is 0 Å². The molecule has 0 aliphatic rings. The number of aryl methyl sites for hydroxylation is 1. The summed E-state index contributed by atoms with van der Waals surface area (Å²) in [7, 11) is 1.55. The Balaban J connectivity index is 2.43. The van der Waals surface area contributed by atoms with Gasteiger partial charge in [0.15, 0.2) is 5.78 Å². The molecule has 0 radical (unpaired) electrons. The number of hydrogen-bond donors (Lipinski definition) is 1. The van der Waals surface area contributed by atoms with E-state index in [0.29, 0.717) is 11.3 Å². The summed E-state index contributed by atoms with van der Waals surface area (Å²) in [6, 6.07) is 14.6. The maximum absolute atomic E-state index is 13.1. The molecule has 2 unspecified atom stereocenters. The van der Waals surface area contributed by atoms with Gasteiger partial charge in [0.25, 0.3) is 0 Å². The van der Waals surface area contributed by atoms with E-state index in [1.54, 1.807) is 38.3 Å². The van der Waals surface area contributed by atoms with Crippen LogP contribution < -0.4 is 4.74 Å². The highest BCUT2D eigenvalue weighted by Crippen LogP contribution is 2.31. The van der Waals surface area contributed by atoms with Crippen molar-refractivity contribution < 1.29 is 19.4 Å². The average Bonchev–Trinajstić information content (AvgIpc) is 2.59. The molecule has 2 aromatic carbocycles. The number of ether oxygens (including phenoxy) is 1. The summed E-state index contributed by atoms with van der Waals surface area (Å²) in [6.45, 7) is 3.57. The molecule has 0 saturated heterocycles. The molecule has 0 saturated carbocycles. The monoisotopic (exact) mass is 326 g/mol. The van der Waals surface area contributed by atoms with Crippen molar-refractivity contribution in [2.45, 2.75) is 26.2 Å². The van der Waals surface area contributed by atoms with Crippen LogP contribution in [0.3, 0.4) is 0 Å². The number of carbonyl (C=O) groups excluding carboxylic acids is 1. The van der Waals surface area contributed by atoms with Crippen molar-refractivity contribution in [1.29, 1.82) is 0 Å². The molecule has 2 rings (SSSR count). The lowest BCUT2D eigenvalue weighted by molar-refractivity contribution is -0.141. The van der Waals surface area contributed by atoms with E-state index >= 15 is 0 Å². The molecule has 1 N–H and O–H groups in total. The van der Waals surface area contributed by atoms with Crippen LogP contribution in [-0.4, -0.2) is 24.0 Å². The van der Waals surface area contributed by atoms with Crippen molar-refractivity contribution in [2.24, 2.45) is 5.92 Å². The summed E-state index contributed by atoms with van der Waals surface area (Å²) < 4.78 is 5.19. The first-order valence-electron chi connectivity index (χ1n) is 7.90. The third-order valence-electron chi connectivity index (χ3n) is 4.25. The summed E-state index contributed by atoms with van der Waals surface area (Å²) in [4.78, 5) is 24.4. The van der Waals surface area contributed by atoms with Gasteiger partial charge in [-0.3, -0.25) is 9.59 Å². The molecule has 0 aromatic heterocycles. The van der Waals surface area contributed by atoms with Gasteiger partial charge >= 0.3 is 5.97 Å². The molecule has 4 heteroatoms. The molecule has 0 fully saturated rings. The molecule has 2 aromatic rings.